The maximum absolute atomic E-state index is 12.8. The highest BCUT2D eigenvalue weighted by Gasteiger charge is 2.16. The van der Waals surface area contributed by atoms with Gasteiger partial charge in [0.15, 0.2) is 5.65 Å². The molecule has 4 aromatic rings. The lowest BCUT2D eigenvalue weighted by Gasteiger charge is -2.07. The van der Waals surface area contributed by atoms with Gasteiger partial charge in [0.25, 0.3) is 0 Å². The molecule has 5 rings (SSSR count). The number of benzene rings is 2. The smallest absolute Gasteiger partial charge is 0.352 e. The molecule has 162 valence electrons. The van der Waals surface area contributed by atoms with Crippen molar-refractivity contribution in [3.05, 3.63) is 76.0 Å². The first-order valence-corrected chi connectivity index (χ1v) is 10.5. The second kappa shape index (κ2) is 7.96. The lowest BCUT2D eigenvalue weighted by Crippen LogP contribution is -2.28. The molecule has 0 radical (unpaired) electrons. The maximum atomic E-state index is 12.8. The lowest BCUT2D eigenvalue weighted by atomic mass is 10.1. The number of fused-ring (bicyclic) bond motifs is 2. The van der Waals surface area contributed by atoms with Crippen LogP contribution in [0.1, 0.15) is 23.4 Å². The average molecular weight is 429 g/mol. The molecule has 1 aliphatic carbocycles. The van der Waals surface area contributed by atoms with E-state index in [1.807, 2.05) is 36.4 Å². The van der Waals surface area contributed by atoms with Crippen molar-refractivity contribution in [2.24, 2.45) is 0 Å². The quantitative estimate of drug-likeness (QED) is 0.527. The third kappa shape index (κ3) is 3.64. The monoisotopic (exact) mass is 429 g/mol. The Labute approximate surface area is 184 Å². The zero-order chi connectivity index (χ0) is 22.2. The van der Waals surface area contributed by atoms with Crippen LogP contribution in [0.3, 0.4) is 0 Å². The Bertz CT molecular complexity index is 1390. The molecule has 0 atom stereocenters. The topological polar surface area (TPSA) is 90.5 Å². The Morgan fingerprint density at radius 1 is 1.09 bits per heavy atom. The Morgan fingerprint density at radius 3 is 2.66 bits per heavy atom. The number of methoxy groups -OCH3 is 1. The van der Waals surface area contributed by atoms with Crippen LogP contribution in [0, 0.1) is 6.92 Å². The second-order valence-electron chi connectivity index (χ2n) is 7.94. The zero-order valence-electron chi connectivity index (χ0n) is 18.0. The predicted octanol–water partition coefficient (Wildman–Crippen LogP) is 3.00. The fraction of sp³-hybridized carbons (Fsp3) is 0.250. The first kappa shape index (κ1) is 20.0. The molecule has 8 heteroatoms. The number of carbonyl (C=O) groups excluding carboxylic acids is 1. The van der Waals surface area contributed by atoms with Crippen LogP contribution in [0.2, 0.25) is 0 Å². The molecule has 0 fully saturated rings. The standard InChI is InChI=1S/C24H23N5O3/c1-15-25-21(17-7-10-20(32-2)11-8-17)13-22-27-28(24(31)29(15)22)14-23(30)26-19-9-6-16-4-3-5-18(16)12-19/h6-13H,3-5,14H2,1-2H3,(H,26,30). The SMILES string of the molecule is COc1ccc(-c2cc3nn(CC(=O)Nc4ccc5c(c4)CCC5)c(=O)n3c(C)n2)cc1. The van der Waals surface area contributed by atoms with Gasteiger partial charge >= 0.3 is 5.69 Å². The predicted molar refractivity (Wildman–Crippen MR) is 121 cm³/mol. The molecule has 0 bridgehead atoms. The number of aryl methyl sites for hydroxylation is 3. The van der Waals surface area contributed by atoms with Crippen molar-refractivity contribution >= 4 is 17.2 Å². The molecule has 32 heavy (non-hydrogen) atoms. The highest BCUT2D eigenvalue weighted by molar-refractivity contribution is 5.90. The van der Waals surface area contributed by atoms with Crippen LogP contribution in [0.15, 0.2) is 53.3 Å². The molecule has 1 amide bonds. The van der Waals surface area contributed by atoms with Crippen molar-refractivity contribution in [3.63, 3.8) is 0 Å². The van der Waals surface area contributed by atoms with E-state index >= 15 is 0 Å². The molecule has 2 aromatic carbocycles. The molecule has 0 aliphatic heterocycles. The third-order valence-electron chi connectivity index (χ3n) is 5.80. The van der Waals surface area contributed by atoms with Gasteiger partial charge in [-0.3, -0.25) is 4.79 Å². The summed E-state index contributed by atoms with van der Waals surface area (Å²) in [5.41, 5.74) is 4.99. The maximum Gasteiger partial charge on any atom is 0.352 e. The molecule has 1 N–H and O–H groups in total. The van der Waals surface area contributed by atoms with E-state index < -0.39 is 5.69 Å². The highest BCUT2D eigenvalue weighted by Crippen LogP contribution is 2.25. The van der Waals surface area contributed by atoms with Crippen molar-refractivity contribution in [2.75, 3.05) is 12.4 Å². The fourth-order valence-electron chi connectivity index (χ4n) is 4.20. The molecule has 8 nitrogen and oxygen atoms in total. The van der Waals surface area contributed by atoms with Crippen molar-refractivity contribution in [2.45, 2.75) is 32.7 Å². The van der Waals surface area contributed by atoms with Crippen LogP contribution in [0.5, 0.6) is 5.75 Å². The van der Waals surface area contributed by atoms with Gasteiger partial charge < -0.3 is 10.1 Å². The zero-order valence-corrected chi connectivity index (χ0v) is 18.0. The molecular formula is C24H23N5O3. The first-order valence-electron chi connectivity index (χ1n) is 10.5. The molecule has 1 aliphatic rings. The Balaban J connectivity index is 1.40. The van der Waals surface area contributed by atoms with Crippen LogP contribution in [0.4, 0.5) is 5.69 Å². The van der Waals surface area contributed by atoms with E-state index in [-0.39, 0.29) is 12.5 Å². The van der Waals surface area contributed by atoms with Crippen molar-refractivity contribution in [1.29, 1.82) is 0 Å². The van der Waals surface area contributed by atoms with E-state index in [0.717, 1.165) is 36.3 Å². The minimum Gasteiger partial charge on any atom is -0.497 e. The largest absolute Gasteiger partial charge is 0.497 e. The summed E-state index contributed by atoms with van der Waals surface area (Å²) in [4.78, 5) is 30.0. The Hall–Kier alpha value is -3.94. The summed E-state index contributed by atoms with van der Waals surface area (Å²) in [5.74, 6) is 0.958. The number of anilines is 1. The van der Waals surface area contributed by atoms with Crippen LogP contribution in [-0.4, -0.2) is 32.2 Å². The molecular weight excluding hydrogens is 406 g/mol. The van der Waals surface area contributed by atoms with E-state index in [4.69, 9.17) is 4.74 Å². The number of amides is 1. The average Bonchev–Trinajstić information content (AvgIpc) is 3.38. The normalized spacial score (nSPS) is 12.7. The van der Waals surface area contributed by atoms with Gasteiger partial charge in [-0.1, -0.05) is 6.07 Å². The number of ether oxygens (including phenoxy) is 1. The van der Waals surface area contributed by atoms with Crippen LogP contribution in [-0.2, 0) is 24.2 Å². The number of carbonyl (C=O) groups is 1. The van der Waals surface area contributed by atoms with Gasteiger partial charge in [-0.25, -0.2) is 18.9 Å². The summed E-state index contributed by atoms with van der Waals surface area (Å²) in [6.45, 7) is 1.58. The molecule has 0 saturated heterocycles. The van der Waals surface area contributed by atoms with Crippen molar-refractivity contribution in [3.8, 4) is 17.0 Å². The van der Waals surface area contributed by atoms with Crippen molar-refractivity contribution < 1.29 is 9.53 Å². The molecule has 0 spiro atoms. The van der Waals surface area contributed by atoms with Gasteiger partial charge in [-0.05, 0) is 73.7 Å². The lowest BCUT2D eigenvalue weighted by molar-refractivity contribution is -0.117. The summed E-state index contributed by atoms with van der Waals surface area (Å²) in [7, 11) is 1.61. The van der Waals surface area contributed by atoms with Crippen LogP contribution < -0.4 is 15.7 Å². The van der Waals surface area contributed by atoms with Crippen LogP contribution in [0.25, 0.3) is 16.9 Å². The number of hydrogen-bond acceptors (Lipinski definition) is 5. The number of nitrogens with zero attached hydrogens (tertiary/aromatic N) is 4. The summed E-state index contributed by atoms with van der Waals surface area (Å²) in [5, 5.41) is 7.25. The minimum absolute atomic E-state index is 0.172. The van der Waals surface area contributed by atoms with Gasteiger partial charge in [-0.2, -0.15) is 0 Å². The first-order chi connectivity index (χ1) is 15.5. The van der Waals surface area contributed by atoms with E-state index in [1.54, 1.807) is 20.1 Å². The third-order valence-corrected chi connectivity index (χ3v) is 5.80. The highest BCUT2D eigenvalue weighted by atomic mass is 16.5. The fourth-order valence-corrected chi connectivity index (χ4v) is 4.20. The summed E-state index contributed by atoms with van der Waals surface area (Å²) in [6, 6.07) is 15.2. The van der Waals surface area contributed by atoms with Gasteiger partial charge in [0.2, 0.25) is 5.91 Å². The van der Waals surface area contributed by atoms with E-state index in [0.29, 0.717) is 17.2 Å². The van der Waals surface area contributed by atoms with Crippen LogP contribution >= 0.6 is 0 Å². The Kier molecular flexibility index (Phi) is 4.97. The summed E-state index contributed by atoms with van der Waals surface area (Å²) in [6.07, 6.45) is 3.27. The molecule has 2 aromatic heterocycles. The van der Waals surface area contributed by atoms with Gasteiger partial charge in [0, 0.05) is 17.3 Å². The molecule has 0 saturated carbocycles. The Morgan fingerprint density at radius 2 is 1.88 bits per heavy atom. The summed E-state index contributed by atoms with van der Waals surface area (Å²) < 4.78 is 7.78. The number of aromatic nitrogens is 4. The van der Waals surface area contributed by atoms with Gasteiger partial charge in [0.05, 0.1) is 12.8 Å². The number of hydrogen-bond donors (Lipinski definition) is 1. The molecule has 0 unspecified atom stereocenters. The van der Waals surface area contributed by atoms with Crippen molar-refractivity contribution in [1.82, 2.24) is 19.2 Å². The summed E-state index contributed by atoms with van der Waals surface area (Å²) >= 11 is 0. The van der Waals surface area contributed by atoms with E-state index in [9.17, 15) is 9.59 Å². The molecule has 2 heterocycles. The van der Waals surface area contributed by atoms with Gasteiger partial charge in [0.1, 0.15) is 18.1 Å². The van der Waals surface area contributed by atoms with E-state index in [1.165, 1.54) is 20.2 Å². The van der Waals surface area contributed by atoms with Gasteiger partial charge in [-0.15, -0.1) is 5.10 Å². The minimum atomic E-state index is -0.393. The number of rotatable bonds is 5. The number of nitrogens with one attached hydrogen (secondary N) is 1. The van der Waals surface area contributed by atoms with E-state index in [2.05, 4.69) is 21.5 Å². The second-order valence-corrected chi connectivity index (χ2v) is 7.94.